The Balaban J connectivity index is 1.46. The van der Waals surface area contributed by atoms with E-state index in [2.05, 4.69) is 23.3 Å². The number of nitrogens with one attached hydrogen (secondary N) is 2. The van der Waals surface area contributed by atoms with Crippen LogP contribution < -0.4 is 15.4 Å². The van der Waals surface area contributed by atoms with Gasteiger partial charge in [-0.1, -0.05) is 18.7 Å². The number of aryl methyl sites for hydroxylation is 1. The average molecular weight is 540 g/mol. The minimum Gasteiger partial charge on any atom is -0.493 e. The zero-order chi connectivity index (χ0) is 27.7. The summed E-state index contributed by atoms with van der Waals surface area (Å²) in [7, 11) is -3.88. The molecule has 204 valence electrons. The molecule has 0 spiro atoms. The number of sulfonamides is 1. The molecule has 2 N–H and O–H groups in total. The highest BCUT2D eigenvalue weighted by atomic mass is 32.2. The topological polar surface area (TPSA) is 105 Å². The summed E-state index contributed by atoms with van der Waals surface area (Å²) in [4.78, 5) is 24.8. The van der Waals surface area contributed by atoms with Gasteiger partial charge < -0.3 is 15.4 Å². The van der Waals surface area contributed by atoms with Gasteiger partial charge in [0.25, 0.3) is 5.91 Å². The van der Waals surface area contributed by atoms with E-state index in [1.165, 1.54) is 18.2 Å². The third-order valence-electron chi connectivity index (χ3n) is 7.20. The molecule has 0 unspecified atom stereocenters. The van der Waals surface area contributed by atoms with Crippen LogP contribution in [0.15, 0.2) is 60.0 Å². The van der Waals surface area contributed by atoms with Crippen LogP contribution in [0.3, 0.4) is 0 Å². The highest BCUT2D eigenvalue weighted by molar-refractivity contribution is 7.89. The summed E-state index contributed by atoms with van der Waals surface area (Å²) in [5.74, 6) is 0.356. The van der Waals surface area contributed by atoms with Crippen molar-refractivity contribution in [3.63, 3.8) is 0 Å². The van der Waals surface area contributed by atoms with E-state index in [1.54, 1.807) is 16.4 Å². The third kappa shape index (κ3) is 5.78. The number of carbonyl (C=O) groups is 2. The molecule has 2 aromatic rings. The van der Waals surface area contributed by atoms with Crippen LogP contribution in [-0.2, 0) is 27.8 Å². The molecule has 0 saturated carbocycles. The highest BCUT2D eigenvalue weighted by Gasteiger charge is 2.51. The lowest BCUT2D eigenvalue weighted by Gasteiger charge is -2.53. The number of piperidine rings is 1. The smallest absolute Gasteiger partial charge is 0.251 e. The molecule has 0 aromatic heterocycles. The van der Waals surface area contributed by atoms with Gasteiger partial charge in [0, 0.05) is 29.2 Å². The molecule has 1 fully saturated rings. The number of fused-ring (bicyclic) bond motifs is 1. The lowest BCUT2D eigenvalue weighted by atomic mass is 9.79. The van der Waals surface area contributed by atoms with Crippen LogP contribution in [0.5, 0.6) is 5.75 Å². The molecule has 2 amide bonds. The number of amides is 2. The maximum atomic E-state index is 13.8. The Morgan fingerprint density at radius 2 is 1.74 bits per heavy atom. The van der Waals surface area contributed by atoms with Crippen molar-refractivity contribution in [2.45, 2.75) is 81.9 Å². The summed E-state index contributed by atoms with van der Waals surface area (Å²) < 4.78 is 34.8. The first kappa shape index (κ1) is 27.9. The van der Waals surface area contributed by atoms with Crippen molar-refractivity contribution in [1.29, 1.82) is 0 Å². The second-order valence-electron chi connectivity index (χ2n) is 11.3. The standard InChI is InChI=1S/C29H37N3O5S/c1-6-26(33)31-23-17-28(2,3)32(29(4,5)18-23)38(35,36)24-12-10-21(11-13-24)27(34)30-19-20-9-14-25-22(16-20)8-7-15-37-25/h6,9-14,16,23H,1,7-8,15,17-19H2,2-5H3,(H,30,34)(H,31,33). The maximum Gasteiger partial charge on any atom is 0.251 e. The average Bonchev–Trinajstić information content (AvgIpc) is 2.85. The van der Waals surface area contributed by atoms with Gasteiger partial charge in [0.15, 0.2) is 0 Å². The van der Waals surface area contributed by atoms with Gasteiger partial charge in [0.2, 0.25) is 15.9 Å². The van der Waals surface area contributed by atoms with E-state index < -0.39 is 21.1 Å². The van der Waals surface area contributed by atoms with Gasteiger partial charge >= 0.3 is 0 Å². The number of nitrogens with zero attached hydrogens (tertiary/aromatic N) is 1. The van der Waals surface area contributed by atoms with E-state index in [1.807, 2.05) is 39.8 Å². The molecule has 1 saturated heterocycles. The molecule has 9 heteroatoms. The monoisotopic (exact) mass is 539 g/mol. The van der Waals surface area contributed by atoms with Crippen molar-refractivity contribution in [2.24, 2.45) is 0 Å². The van der Waals surface area contributed by atoms with Crippen LogP contribution in [0, 0.1) is 0 Å². The Morgan fingerprint density at radius 1 is 1.08 bits per heavy atom. The van der Waals surface area contributed by atoms with Crippen molar-refractivity contribution in [2.75, 3.05) is 6.61 Å². The normalized spacial score (nSPS) is 19.1. The number of benzene rings is 2. The fourth-order valence-electron chi connectivity index (χ4n) is 5.97. The number of carbonyl (C=O) groups excluding carboxylic acids is 2. The van der Waals surface area contributed by atoms with E-state index in [0.29, 0.717) is 24.9 Å². The third-order valence-corrected chi connectivity index (χ3v) is 9.54. The molecule has 2 heterocycles. The second-order valence-corrected chi connectivity index (χ2v) is 13.1. The molecule has 0 aliphatic carbocycles. The molecule has 4 rings (SSSR count). The molecule has 0 radical (unpaired) electrons. The number of hydrogen-bond acceptors (Lipinski definition) is 5. The SMILES string of the molecule is C=CC(=O)NC1CC(C)(C)N(S(=O)(=O)c2ccc(C(=O)NCc3ccc4c(c3)CCCO4)cc2)C(C)(C)C1. The van der Waals surface area contributed by atoms with Crippen LogP contribution in [0.4, 0.5) is 0 Å². The Morgan fingerprint density at radius 3 is 2.37 bits per heavy atom. The fourth-order valence-corrected chi connectivity index (χ4v) is 8.11. The minimum atomic E-state index is -3.88. The molecule has 0 atom stereocenters. The van der Waals surface area contributed by atoms with Crippen molar-refractivity contribution < 1.29 is 22.7 Å². The molecule has 8 nitrogen and oxygen atoms in total. The van der Waals surface area contributed by atoms with Crippen LogP contribution in [0.25, 0.3) is 0 Å². The summed E-state index contributed by atoms with van der Waals surface area (Å²) in [6, 6.07) is 11.8. The first-order valence-corrected chi connectivity index (χ1v) is 14.4. The quantitative estimate of drug-likeness (QED) is 0.519. The summed E-state index contributed by atoms with van der Waals surface area (Å²) in [5.41, 5.74) is 1.01. The molecular formula is C29H37N3O5S. The molecule has 38 heavy (non-hydrogen) atoms. The Hall–Kier alpha value is -3.17. The van der Waals surface area contributed by atoms with Gasteiger partial charge in [0.05, 0.1) is 11.5 Å². The van der Waals surface area contributed by atoms with E-state index >= 15 is 0 Å². The number of rotatable bonds is 7. The summed E-state index contributed by atoms with van der Waals surface area (Å²) in [6.07, 6.45) is 4.09. The predicted molar refractivity (Wildman–Crippen MR) is 146 cm³/mol. The van der Waals surface area contributed by atoms with Crippen molar-refractivity contribution in [3.8, 4) is 5.75 Å². The Kier molecular flexibility index (Phi) is 7.72. The molecule has 0 bridgehead atoms. The van der Waals surface area contributed by atoms with Crippen LogP contribution in [-0.4, -0.2) is 48.3 Å². The van der Waals surface area contributed by atoms with E-state index in [0.717, 1.165) is 36.3 Å². The minimum absolute atomic E-state index is 0.124. The van der Waals surface area contributed by atoms with Crippen molar-refractivity contribution >= 4 is 21.8 Å². The largest absolute Gasteiger partial charge is 0.493 e. The van der Waals surface area contributed by atoms with Crippen LogP contribution in [0.2, 0.25) is 0 Å². The zero-order valence-electron chi connectivity index (χ0n) is 22.5. The van der Waals surface area contributed by atoms with Gasteiger partial charge in [0.1, 0.15) is 5.75 Å². The highest BCUT2D eigenvalue weighted by Crippen LogP contribution is 2.42. The second kappa shape index (κ2) is 10.5. The van der Waals surface area contributed by atoms with Gasteiger partial charge in [-0.3, -0.25) is 9.59 Å². The summed E-state index contributed by atoms with van der Waals surface area (Å²) in [6.45, 7) is 12.1. The number of hydrogen-bond donors (Lipinski definition) is 2. The van der Waals surface area contributed by atoms with Crippen molar-refractivity contribution in [3.05, 3.63) is 71.8 Å². The van der Waals surface area contributed by atoms with Gasteiger partial charge in [-0.25, -0.2) is 8.42 Å². The van der Waals surface area contributed by atoms with Gasteiger partial charge in [-0.15, -0.1) is 0 Å². The zero-order valence-corrected chi connectivity index (χ0v) is 23.4. The predicted octanol–water partition coefficient (Wildman–Crippen LogP) is 3.95. The number of ether oxygens (including phenoxy) is 1. The van der Waals surface area contributed by atoms with Gasteiger partial charge in [-0.2, -0.15) is 4.31 Å². The fraction of sp³-hybridized carbons (Fsp3) is 0.448. The first-order chi connectivity index (χ1) is 17.8. The molecule has 2 aliphatic rings. The summed E-state index contributed by atoms with van der Waals surface area (Å²) in [5, 5.41) is 5.83. The van der Waals surface area contributed by atoms with E-state index in [-0.39, 0.29) is 22.8 Å². The molecular weight excluding hydrogens is 502 g/mol. The summed E-state index contributed by atoms with van der Waals surface area (Å²) >= 11 is 0. The van der Waals surface area contributed by atoms with E-state index in [4.69, 9.17) is 4.74 Å². The lowest BCUT2D eigenvalue weighted by molar-refractivity contribution is -0.118. The van der Waals surface area contributed by atoms with Gasteiger partial charge in [-0.05, 0) is 101 Å². The molecule has 2 aromatic carbocycles. The Bertz CT molecular complexity index is 1310. The van der Waals surface area contributed by atoms with Crippen LogP contribution in [0.1, 0.15) is 68.4 Å². The Labute approximate surface area is 225 Å². The lowest BCUT2D eigenvalue weighted by Crippen LogP contribution is -2.65. The van der Waals surface area contributed by atoms with E-state index in [9.17, 15) is 18.0 Å². The van der Waals surface area contributed by atoms with Crippen LogP contribution >= 0.6 is 0 Å². The maximum absolute atomic E-state index is 13.8. The van der Waals surface area contributed by atoms with Crippen molar-refractivity contribution in [1.82, 2.24) is 14.9 Å². The molecule has 2 aliphatic heterocycles. The first-order valence-electron chi connectivity index (χ1n) is 12.9.